The SMILES string of the molecule is CC1CCCCC1CNC1(CO)CC1. The fraction of sp³-hybridized carbons (Fsp3) is 1.00. The maximum absolute atomic E-state index is 9.19. The van der Waals surface area contributed by atoms with Crippen LogP contribution in [0.3, 0.4) is 0 Å². The summed E-state index contributed by atoms with van der Waals surface area (Å²) in [5.41, 5.74) is 0.136. The third-order valence-electron chi connectivity index (χ3n) is 4.18. The molecule has 2 N–H and O–H groups in total. The van der Waals surface area contributed by atoms with E-state index >= 15 is 0 Å². The van der Waals surface area contributed by atoms with E-state index in [0.29, 0.717) is 6.61 Å². The van der Waals surface area contributed by atoms with Crippen molar-refractivity contribution in [1.82, 2.24) is 5.32 Å². The van der Waals surface area contributed by atoms with Crippen LogP contribution in [-0.4, -0.2) is 23.8 Å². The van der Waals surface area contributed by atoms with Gasteiger partial charge in [0.25, 0.3) is 0 Å². The number of aliphatic hydroxyl groups is 1. The lowest BCUT2D eigenvalue weighted by Crippen LogP contribution is -2.40. The monoisotopic (exact) mass is 197 g/mol. The van der Waals surface area contributed by atoms with Gasteiger partial charge in [-0.3, -0.25) is 0 Å². The summed E-state index contributed by atoms with van der Waals surface area (Å²) < 4.78 is 0. The fourth-order valence-electron chi connectivity index (χ4n) is 2.59. The van der Waals surface area contributed by atoms with Crippen LogP contribution in [0.15, 0.2) is 0 Å². The second kappa shape index (κ2) is 4.19. The Hall–Kier alpha value is -0.0800. The third-order valence-corrected chi connectivity index (χ3v) is 4.18. The van der Waals surface area contributed by atoms with E-state index in [9.17, 15) is 5.11 Å². The van der Waals surface area contributed by atoms with Gasteiger partial charge in [-0.25, -0.2) is 0 Å². The molecule has 0 heterocycles. The quantitative estimate of drug-likeness (QED) is 0.722. The lowest BCUT2D eigenvalue weighted by atomic mass is 9.80. The van der Waals surface area contributed by atoms with Crippen LogP contribution in [0.1, 0.15) is 45.4 Å². The van der Waals surface area contributed by atoms with Gasteiger partial charge in [0, 0.05) is 5.54 Å². The highest BCUT2D eigenvalue weighted by Crippen LogP contribution is 2.36. The highest BCUT2D eigenvalue weighted by molar-refractivity contribution is 5.01. The molecule has 0 bridgehead atoms. The Balaban J connectivity index is 1.73. The molecular weight excluding hydrogens is 174 g/mol. The molecule has 0 amide bonds. The summed E-state index contributed by atoms with van der Waals surface area (Å²) in [4.78, 5) is 0. The van der Waals surface area contributed by atoms with E-state index in [1.807, 2.05) is 0 Å². The van der Waals surface area contributed by atoms with Gasteiger partial charge in [0.05, 0.1) is 6.61 Å². The molecule has 0 radical (unpaired) electrons. The number of hydrogen-bond acceptors (Lipinski definition) is 2. The first kappa shape index (κ1) is 10.4. The molecule has 0 aromatic carbocycles. The average molecular weight is 197 g/mol. The Kier molecular flexibility index (Phi) is 3.13. The zero-order chi connectivity index (χ0) is 10.0. The first-order valence-electron chi connectivity index (χ1n) is 6.12. The van der Waals surface area contributed by atoms with Crippen molar-refractivity contribution in [3.8, 4) is 0 Å². The third kappa shape index (κ3) is 2.29. The molecule has 2 unspecified atom stereocenters. The van der Waals surface area contributed by atoms with E-state index in [1.54, 1.807) is 0 Å². The zero-order valence-corrected chi connectivity index (χ0v) is 9.26. The van der Waals surface area contributed by atoms with E-state index < -0.39 is 0 Å². The molecule has 2 fully saturated rings. The zero-order valence-electron chi connectivity index (χ0n) is 9.26. The van der Waals surface area contributed by atoms with Crippen LogP contribution in [0.25, 0.3) is 0 Å². The molecule has 2 aliphatic rings. The van der Waals surface area contributed by atoms with E-state index in [2.05, 4.69) is 12.2 Å². The van der Waals surface area contributed by atoms with E-state index in [4.69, 9.17) is 0 Å². The lowest BCUT2D eigenvalue weighted by molar-refractivity contribution is 0.197. The van der Waals surface area contributed by atoms with Crippen molar-refractivity contribution in [1.29, 1.82) is 0 Å². The Bertz CT molecular complexity index is 189. The van der Waals surface area contributed by atoms with Gasteiger partial charge in [0.15, 0.2) is 0 Å². The van der Waals surface area contributed by atoms with Crippen LogP contribution in [0.2, 0.25) is 0 Å². The van der Waals surface area contributed by atoms with Gasteiger partial charge in [-0.1, -0.05) is 26.2 Å². The van der Waals surface area contributed by atoms with E-state index in [0.717, 1.165) is 18.4 Å². The number of rotatable bonds is 4. The summed E-state index contributed by atoms with van der Waals surface area (Å²) >= 11 is 0. The molecule has 0 aromatic heterocycles. The molecule has 2 heteroatoms. The highest BCUT2D eigenvalue weighted by Gasteiger charge is 2.42. The smallest absolute Gasteiger partial charge is 0.0613 e. The van der Waals surface area contributed by atoms with Gasteiger partial charge in [0.2, 0.25) is 0 Å². The summed E-state index contributed by atoms with van der Waals surface area (Å²) in [6.07, 6.45) is 7.95. The Labute approximate surface area is 87.1 Å². The van der Waals surface area contributed by atoms with Crippen molar-refractivity contribution in [2.45, 2.75) is 51.0 Å². The van der Waals surface area contributed by atoms with Gasteiger partial charge in [0.1, 0.15) is 0 Å². The molecule has 0 aromatic rings. The molecule has 2 atom stereocenters. The molecule has 0 spiro atoms. The Morgan fingerprint density at radius 2 is 2.00 bits per heavy atom. The number of hydrogen-bond donors (Lipinski definition) is 2. The standard InChI is InChI=1S/C12H23NO/c1-10-4-2-3-5-11(10)8-13-12(9-14)6-7-12/h10-11,13-14H,2-9H2,1H3. The molecule has 0 aliphatic heterocycles. The van der Waals surface area contributed by atoms with E-state index in [-0.39, 0.29) is 5.54 Å². The van der Waals surface area contributed by atoms with Gasteiger partial charge in [-0.05, 0) is 37.6 Å². The first-order valence-corrected chi connectivity index (χ1v) is 6.12. The molecule has 0 saturated heterocycles. The number of nitrogens with one attached hydrogen (secondary N) is 1. The fourth-order valence-corrected chi connectivity index (χ4v) is 2.59. The Morgan fingerprint density at radius 1 is 1.29 bits per heavy atom. The van der Waals surface area contributed by atoms with Gasteiger partial charge < -0.3 is 10.4 Å². The molecule has 2 rings (SSSR count). The second-order valence-electron chi connectivity index (χ2n) is 5.34. The van der Waals surface area contributed by atoms with Crippen LogP contribution in [-0.2, 0) is 0 Å². The van der Waals surface area contributed by atoms with Crippen molar-refractivity contribution >= 4 is 0 Å². The summed E-state index contributed by atoms with van der Waals surface area (Å²) in [7, 11) is 0. The van der Waals surface area contributed by atoms with Crippen LogP contribution in [0.4, 0.5) is 0 Å². The minimum absolute atomic E-state index is 0.136. The minimum Gasteiger partial charge on any atom is -0.394 e. The summed E-state index contributed by atoms with van der Waals surface area (Å²) in [6, 6.07) is 0. The largest absolute Gasteiger partial charge is 0.394 e. The molecule has 2 nitrogen and oxygen atoms in total. The molecule has 2 saturated carbocycles. The van der Waals surface area contributed by atoms with Crippen molar-refractivity contribution in [3.05, 3.63) is 0 Å². The van der Waals surface area contributed by atoms with Gasteiger partial charge >= 0.3 is 0 Å². The highest BCUT2D eigenvalue weighted by atomic mass is 16.3. The average Bonchev–Trinajstić information content (AvgIpc) is 2.98. The van der Waals surface area contributed by atoms with Crippen molar-refractivity contribution in [2.24, 2.45) is 11.8 Å². The normalized spacial score (nSPS) is 35.6. The van der Waals surface area contributed by atoms with Crippen molar-refractivity contribution < 1.29 is 5.11 Å². The van der Waals surface area contributed by atoms with Gasteiger partial charge in [-0.2, -0.15) is 0 Å². The topological polar surface area (TPSA) is 32.3 Å². The molecule has 82 valence electrons. The van der Waals surface area contributed by atoms with Gasteiger partial charge in [-0.15, -0.1) is 0 Å². The van der Waals surface area contributed by atoms with Crippen LogP contribution in [0, 0.1) is 11.8 Å². The molecular formula is C12H23NO. The number of aliphatic hydroxyl groups excluding tert-OH is 1. The van der Waals surface area contributed by atoms with Crippen LogP contribution in [0.5, 0.6) is 0 Å². The molecule has 14 heavy (non-hydrogen) atoms. The van der Waals surface area contributed by atoms with Crippen LogP contribution < -0.4 is 5.32 Å². The predicted octanol–water partition coefficient (Wildman–Crippen LogP) is 1.93. The van der Waals surface area contributed by atoms with E-state index in [1.165, 1.54) is 38.5 Å². The summed E-state index contributed by atoms with van der Waals surface area (Å²) in [6.45, 7) is 3.83. The lowest BCUT2D eigenvalue weighted by Gasteiger charge is -2.30. The Morgan fingerprint density at radius 3 is 2.57 bits per heavy atom. The predicted molar refractivity (Wildman–Crippen MR) is 58.2 cm³/mol. The summed E-state index contributed by atoms with van der Waals surface area (Å²) in [5.74, 6) is 1.73. The maximum Gasteiger partial charge on any atom is 0.0613 e. The van der Waals surface area contributed by atoms with Crippen molar-refractivity contribution in [3.63, 3.8) is 0 Å². The molecule has 2 aliphatic carbocycles. The maximum atomic E-state index is 9.19. The summed E-state index contributed by atoms with van der Waals surface area (Å²) in [5, 5.41) is 12.8. The minimum atomic E-state index is 0.136. The van der Waals surface area contributed by atoms with Crippen LogP contribution >= 0.6 is 0 Å². The van der Waals surface area contributed by atoms with Crippen molar-refractivity contribution in [2.75, 3.05) is 13.2 Å². The second-order valence-corrected chi connectivity index (χ2v) is 5.34. The first-order chi connectivity index (χ1) is 6.76.